The second-order valence-corrected chi connectivity index (χ2v) is 12.7. The smallest absolute Gasteiger partial charge is 0.305 e. The highest BCUT2D eigenvalue weighted by molar-refractivity contribution is 7.33. The van der Waals surface area contributed by atoms with Gasteiger partial charge in [0.1, 0.15) is 11.2 Å². The maximum atomic E-state index is 6.84. The SMILES string of the molecule is c1ccc(B2c3oc4ccccc4c3N(c3ccc4c5ccccc5c5ccccc5c4c3)c3c2sc2ccccc32)cc1. The number of rotatable bonds is 2. The minimum atomic E-state index is 0.00693. The van der Waals surface area contributed by atoms with E-state index in [9.17, 15) is 0 Å². The van der Waals surface area contributed by atoms with Gasteiger partial charge >= 0.3 is 6.71 Å². The fourth-order valence-electron chi connectivity index (χ4n) is 7.43. The van der Waals surface area contributed by atoms with Crippen LogP contribution in [0.25, 0.3) is 53.4 Å². The first-order valence-corrected chi connectivity index (χ1v) is 15.9. The number of furan rings is 1. The molecule has 0 radical (unpaired) electrons. The van der Waals surface area contributed by atoms with Crippen molar-refractivity contribution < 1.29 is 4.42 Å². The Morgan fingerprint density at radius 3 is 1.77 bits per heavy atom. The molecule has 0 spiro atoms. The summed E-state index contributed by atoms with van der Waals surface area (Å²) in [5.74, 6) is 0. The molecular formula is C40H24BNOS. The molecule has 0 fully saturated rings. The van der Waals surface area contributed by atoms with E-state index in [-0.39, 0.29) is 6.71 Å². The minimum Gasteiger partial charge on any atom is -0.468 e. The molecule has 0 bridgehead atoms. The van der Waals surface area contributed by atoms with Crippen LogP contribution >= 0.6 is 11.3 Å². The Morgan fingerprint density at radius 2 is 1.05 bits per heavy atom. The van der Waals surface area contributed by atoms with Crippen molar-refractivity contribution in [1.29, 1.82) is 0 Å². The van der Waals surface area contributed by atoms with Crippen molar-refractivity contribution in [2.24, 2.45) is 0 Å². The van der Waals surface area contributed by atoms with Gasteiger partial charge in [-0.25, -0.2) is 0 Å². The lowest BCUT2D eigenvalue weighted by Crippen LogP contribution is -2.55. The molecule has 2 nitrogen and oxygen atoms in total. The third-order valence-corrected chi connectivity index (χ3v) is 10.5. The Labute approximate surface area is 258 Å². The van der Waals surface area contributed by atoms with Gasteiger partial charge in [0.15, 0.2) is 0 Å². The third kappa shape index (κ3) is 3.26. The van der Waals surface area contributed by atoms with Crippen molar-refractivity contribution in [1.82, 2.24) is 0 Å². The van der Waals surface area contributed by atoms with Crippen LogP contribution in [0.5, 0.6) is 0 Å². The van der Waals surface area contributed by atoms with Crippen molar-refractivity contribution in [3.05, 3.63) is 146 Å². The first-order valence-electron chi connectivity index (χ1n) is 15.1. The standard InChI is InChI=1S/C40H24BNOS/c1-2-12-25(13-3-1)41-39-37(32-18-8-10-20-35(32)43-39)42(38-33-19-9-11-21-36(33)44-40(38)41)26-22-23-31-29-16-5-4-14-27(29)28-15-6-7-17-30(28)34(31)24-26/h1-24H. The fraction of sp³-hybridized carbons (Fsp3) is 0. The molecule has 204 valence electrons. The maximum Gasteiger partial charge on any atom is 0.305 e. The second-order valence-electron chi connectivity index (χ2n) is 11.6. The van der Waals surface area contributed by atoms with Crippen LogP contribution in [0.3, 0.4) is 0 Å². The summed E-state index contributed by atoms with van der Waals surface area (Å²) in [5, 5.41) is 10.1. The van der Waals surface area contributed by atoms with Crippen LogP contribution < -0.4 is 20.8 Å². The van der Waals surface area contributed by atoms with Gasteiger partial charge in [0.2, 0.25) is 0 Å². The molecule has 7 aromatic carbocycles. The molecule has 0 saturated carbocycles. The highest BCUT2D eigenvalue weighted by atomic mass is 32.1. The summed E-state index contributed by atoms with van der Waals surface area (Å²) in [6.07, 6.45) is 0. The topological polar surface area (TPSA) is 16.4 Å². The average Bonchev–Trinajstić information content (AvgIpc) is 3.66. The molecule has 9 aromatic rings. The normalized spacial score (nSPS) is 12.9. The quantitative estimate of drug-likeness (QED) is 0.150. The van der Waals surface area contributed by atoms with Gasteiger partial charge in [0, 0.05) is 25.9 Å². The minimum absolute atomic E-state index is 0.00693. The van der Waals surface area contributed by atoms with E-state index >= 15 is 0 Å². The predicted octanol–water partition coefficient (Wildman–Crippen LogP) is 9.41. The molecule has 10 rings (SSSR count). The fourth-order valence-corrected chi connectivity index (χ4v) is 8.74. The molecule has 0 aliphatic carbocycles. The first kappa shape index (κ1) is 24.2. The lowest BCUT2D eigenvalue weighted by molar-refractivity contribution is 0.651. The lowest BCUT2D eigenvalue weighted by Gasteiger charge is -2.33. The molecule has 44 heavy (non-hydrogen) atoms. The van der Waals surface area contributed by atoms with E-state index in [0.29, 0.717) is 0 Å². The van der Waals surface area contributed by atoms with Crippen LogP contribution in [0.15, 0.2) is 150 Å². The Bertz CT molecular complexity index is 2460. The maximum absolute atomic E-state index is 6.84. The number of hydrogen-bond acceptors (Lipinski definition) is 3. The van der Waals surface area contributed by atoms with E-state index < -0.39 is 0 Å². The number of fused-ring (bicyclic) bond motifs is 12. The number of anilines is 3. The summed E-state index contributed by atoms with van der Waals surface area (Å²) < 4.78 is 9.44. The average molecular weight is 578 g/mol. The Morgan fingerprint density at radius 1 is 0.477 bits per heavy atom. The summed E-state index contributed by atoms with van der Waals surface area (Å²) in [5.41, 5.74) is 6.69. The summed E-state index contributed by atoms with van der Waals surface area (Å²) >= 11 is 1.88. The van der Waals surface area contributed by atoms with E-state index in [1.165, 1.54) is 58.3 Å². The van der Waals surface area contributed by atoms with Gasteiger partial charge in [-0.15, -0.1) is 11.3 Å². The third-order valence-electron chi connectivity index (χ3n) is 9.28. The number of benzene rings is 7. The van der Waals surface area contributed by atoms with Gasteiger partial charge in [0.25, 0.3) is 0 Å². The van der Waals surface area contributed by atoms with Crippen LogP contribution in [-0.4, -0.2) is 6.71 Å². The van der Waals surface area contributed by atoms with Crippen molar-refractivity contribution in [2.75, 3.05) is 4.90 Å². The molecule has 4 heteroatoms. The molecule has 0 N–H and O–H groups in total. The van der Waals surface area contributed by atoms with Crippen LogP contribution in [0.4, 0.5) is 17.1 Å². The van der Waals surface area contributed by atoms with E-state index in [4.69, 9.17) is 4.42 Å². The molecule has 3 heterocycles. The van der Waals surface area contributed by atoms with Crippen LogP contribution in [0.2, 0.25) is 0 Å². The summed E-state index contributed by atoms with van der Waals surface area (Å²) in [6, 6.07) is 52.8. The number of hydrogen-bond donors (Lipinski definition) is 0. The highest BCUT2D eigenvalue weighted by Gasteiger charge is 2.42. The van der Waals surface area contributed by atoms with E-state index in [1.54, 1.807) is 0 Å². The summed E-state index contributed by atoms with van der Waals surface area (Å²) in [4.78, 5) is 2.48. The van der Waals surface area contributed by atoms with E-state index in [1.807, 2.05) is 11.3 Å². The van der Waals surface area contributed by atoms with Crippen molar-refractivity contribution in [3.63, 3.8) is 0 Å². The molecule has 0 unspecified atom stereocenters. The van der Waals surface area contributed by atoms with Gasteiger partial charge in [0.05, 0.1) is 11.4 Å². The van der Waals surface area contributed by atoms with Gasteiger partial charge < -0.3 is 9.32 Å². The van der Waals surface area contributed by atoms with Crippen molar-refractivity contribution in [3.8, 4) is 0 Å². The van der Waals surface area contributed by atoms with Gasteiger partial charge in [-0.2, -0.15) is 0 Å². The Balaban J connectivity index is 1.34. The molecule has 1 aliphatic rings. The number of thiophene rings is 1. The van der Waals surface area contributed by atoms with E-state index in [2.05, 4.69) is 150 Å². The highest BCUT2D eigenvalue weighted by Crippen LogP contribution is 2.47. The zero-order valence-electron chi connectivity index (χ0n) is 23.7. The zero-order chi connectivity index (χ0) is 28.8. The zero-order valence-corrected chi connectivity index (χ0v) is 24.5. The number of nitrogens with zero attached hydrogens (tertiary/aromatic N) is 1. The summed E-state index contributed by atoms with van der Waals surface area (Å²) in [6.45, 7) is 0.00693. The largest absolute Gasteiger partial charge is 0.468 e. The molecule has 0 amide bonds. The molecule has 2 aromatic heterocycles. The monoisotopic (exact) mass is 577 g/mol. The van der Waals surface area contributed by atoms with Crippen LogP contribution in [0.1, 0.15) is 0 Å². The van der Waals surface area contributed by atoms with E-state index in [0.717, 1.165) is 28.0 Å². The Hall–Kier alpha value is -5.32. The van der Waals surface area contributed by atoms with Crippen LogP contribution in [0, 0.1) is 0 Å². The van der Waals surface area contributed by atoms with Crippen LogP contribution in [-0.2, 0) is 0 Å². The van der Waals surface area contributed by atoms with Crippen molar-refractivity contribution >= 4 is 104 Å². The predicted molar refractivity (Wildman–Crippen MR) is 190 cm³/mol. The van der Waals surface area contributed by atoms with Gasteiger partial charge in [-0.3, -0.25) is 0 Å². The van der Waals surface area contributed by atoms with Gasteiger partial charge in [-0.05, 0) is 62.6 Å². The molecule has 0 atom stereocenters. The molecular weight excluding hydrogens is 553 g/mol. The van der Waals surface area contributed by atoms with Crippen molar-refractivity contribution in [2.45, 2.75) is 0 Å². The Kier molecular flexibility index (Phi) is 4.99. The van der Waals surface area contributed by atoms with Gasteiger partial charge in [-0.1, -0.05) is 121 Å². The lowest BCUT2D eigenvalue weighted by atomic mass is 9.40. The number of para-hydroxylation sites is 1. The second kappa shape index (κ2) is 9.09. The first-order chi connectivity index (χ1) is 21.8. The summed E-state index contributed by atoms with van der Waals surface area (Å²) in [7, 11) is 0. The molecule has 1 aliphatic heterocycles. The molecule has 0 saturated heterocycles.